The highest BCUT2D eigenvalue weighted by Gasteiger charge is 2.36. The third-order valence-electron chi connectivity index (χ3n) is 4.06. The standard InChI is InChI=1S/C13H27NO/c1-3-5-12(10-14)13(15)8-4-6-11(2)7-9-13/h11-12,15H,3-10,14H2,1-2H3. The largest absolute Gasteiger partial charge is 0.390 e. The highest BCUT2D eigenvalue weighted by molar-refractivity contribution is 4.89. The van der Waals surface area contributed by atoms with Crippen molar-refractivity contribution >= 4 is 0 Å². The molecule has 0 amide bonds. The summed E-state index contributed by atoms with van der Waals surface area (Å²) in [5, 5.41) is 10.7. The van der Waals surface area contributed by atoms with Crippen molar-refractivity contribution in [2.75, 3.05) is 6.54 Å². The second kappa shape index (κ2) is 5.86. The van der Waals surface area contributed by atoms with E-state index in [9.17, 15) is 5.11 Å². The van der Waals surface area contributed by atoms with Gasteiger partial charge in [0.15, 0.2) is 0 Å². The normalized spacial score (nSPS) is 34.8. The van der Waals surface area contributed by atoms with Crippen molar-refractivity contribution in [3.8, 4) is 0 Å². The lowest BCUT2D eigenvalue weighted by atomic mass is 9.78. The smallest absolute Gasteiger partial charge is 0.0688 e. The first kappa shape index (κ1) is 13.0. The molecule has 1 fully saturated rings. The maximum absolute atomic E-state index is 10.7. The third kappa shape index (κ3) is 3.46. The monoisotopic (exact) mass is 213 g/mol. The van der Waals surface area contributed by atoms with E-state index in [0.717, 1.165) is 44.4 Å². The van der Waals surface area contributed by atoms with Gasteiger partial charge in [-0.05, 0) is 44.1 Å². The molecule has 2 heteroatoms. The number of nitrogens with two attached hydrogens (primary N) is 1. The summed E-state index contributed by atoms with van der Waals surface area (Å²) in [6.07, 6.45) is 7.71. The Bertz CT molecular complexity index is 183. The van der Waals surface area contributed by atoms with Crippen LogP contribution in [-0.2, 0) is 0 Å². The Morgan fingerprint density at radius 1 is 1.40 bits per heavy atom. The van der Waals surface area contributed by atoms with Crippen molar-refractivity contribution in [3.05, 3.63) is 0 Å². The van der Waals surface area contributed by atoms with E-state index in [0.29, 0.717) is 12.5 Å². The van der Waals surface area contributed by atoms with Crippen LogP contribution in [-0.4, -0.2) is 17.3 Å². The van der Waals surface area contributed by atoms with Gasteiger partial charge in [0, 0.05) is 0 Å². The van der Waals surface area contributed by atoms with Crippen molar-refractivity contribution in [2.45, 2.75) is 64.4 Å². The fraction of sp³-hybridized carbons (Fsp3) is 1.00. The maximum Gasteiger partial charge on any atom is 0.0688 e. The van der Waals surface area contributed by atoms with E-state index in [-0.39, 0.29) is 0 Å². The molecule has 0 spiro atoms. The number of aliphatic hydroxyl groups is 1. The Balaban J connectivity index is 2.61. The molecule has 1 saturated carbocycles. The Hall–Kier alpha value is -0.0800. The van der Waals surface area contributed by atoms with Crippen LogP contribution in [0.1, 0.15) is 58.8 Å². The minimum Gasteiger partial charge on any atom is -0.390 e. The summed E-state index contributed by atoms with van der Waals surface area (Å²) in [5.74, 6) is 1.09. The predicted molar refractivity (Wildman–Crippen MR) is 64.7 cm³/mol. The third-order valence-corrected chi connectivity index (χ3v) is 4.06. The van der Waals surface area contributed by atoms with Crippen LogP contribution in [0.15, 0.2) is 0 Å². The van der Waals surface area contributed by atoms with Crippen LogP contribution >= 0.6 is 0 Å². The summed E-state index contributed by atoms with van der Waals surface area (Å²) in [5.41, 5.74) is 5.34. The molecular weight excluding hydrogens is 186 g/mol. The molecular formula is C13H27NO. The SMILES string of the molecule is CCCC(CN)C1(O)CCCC(C)CC1. The molecule has 3 unspecified atom stereocenters. The van der Waals surface area contributed by atoms with E-state index in [1.807, 2.05) is 0 Å². The zero-order valence-corrected chi connectivity index (χ0v) is 10.3. The van der Waals surface area contributed by atoms with Crippen molar-refractivity contribution < 1.29 is 5.11 Å². The molecule has 2 nitrogen and oxygen atoms in total. The first-order chi connectivity index (χ1) is 7.12. The van der Waals surface area contributed by atoms with Gasteiger partial charge >= 0.3 is 0 Å². The van der Waals surface area contributed by atoms with Gasteiger partial charge in [0.1, 0.15) is 0 Å². The number of hydrogen-bond acceptors (Lipinski definition) is 2. The van der Waals surface area contributed by atoms with Crippen LogP contribution in [0.5, 0.6) is 0 Å². The quantitative estimate of drug-likeness (QED) is 0.705. The molecule has 0 heterocycles. The average Bonchev–Trinajstić information content (AvgIpc) is 2.38. The number of hydrogen-bond donors (Lipinski definition) is 2. The van der Waals surface area contributed by atoms with Crippen LogP contribution in [0.4, 0.5) is 0 Å². The van der Waals surface area contributed by atoms with Crippen LogP contribution < -0.4 is 5.73 Å². The maximum atomic E-state index is 10.7. The van der Waals surface area contributed by atoms with Gasteiger partial charge in [-0.15, -0.1) is 0 Å². The van der Waals surface area contributed by atoms with Crippen LogP contribution in [0, 0.1) is 11.8 Å². The average molecular weight is 213 g/mol. The first-order valence-electron chi connectivity index (χ1n) is 6.55. The first-order valence-corrected chi connectivity index (χ1v) is 6.55. The molecule has 0 radical (unpaired) electrons. The van der Waals surface area contributed by atoms with Crippen molar-refractivity contribution in [1.29, 1.82) is 0 Å². The van der Waals surface area contributed by atoms with Gasteiger partial charge in [0.05, 0.1) is 5.60 Å². The van der Waals surface area contributed by atoms with Crippen LogP contribution in [0.3, 0.4) is 0 Å². The van der Waals surface area contributed by atoms with Crippen molar-refractivity contribution in [2.24, 2.45) is 17.6 Å². The Morgan fingerprint density at radius 2 is 2.13 bits per heavy atom. The molecule has 0 bridgehead atoms. The van der Waals surface area contributed by atoms with E-state index in [1.54, 1.807) is 0 Å². The van der Waals surface area contributed by atoms with Gasteiger partial charge in [-0.25, -0.2) is 0 Å². The van der Waals surface area contributed by atoms with Crippen LogP contribution in [0.2, 0.25) is 0 Å². The summed E-state index contributed by atoms with van der Waals surface area (Å²) in [6.45, 7) is 5.10. The fourth-order valence-corrected chi connectivity index (χ4v) is 2.88. The zero-order chi connectivity index (χ0) is 11.3. The molecule has 1 aliphatic rings. The van der Waals surface area contributed by atoms with Gasteiger partial charge in [-0.3, -0.25) is 0 Å². The highest BCUT2D eigenvalue weighted by atomic mass is 16.3. The van der Waals surface area contributed by atoms with Gasteiger partial charge in [-0.2, -0.15) is 0 Å². The van der Waals surface area contributed by atoms with E-state index in [2.05, 4.69) is 13.8 Å². The minimum absolute atomic E-state index is 0.313. The lowest BCUT2D eigenvalue weighted by molar-refractivity contribution is -0.0328. The minimum atomic E-state index is -0.463. The van der Waals surface area contributed by atoms with Gasteiger partial charge in [-0.1, -0.05) is 33.1 Å². The molecule has 0 aromatic rings. The lowest BCUT2D eigenvalue weighted by Gasteiger charge is -2.35. The van der Waals surface area contributed by atoms with Gasteiger partial charge in [0.2, 0.25) is 0 Å². The molecule has 0 saturated heterocycles. The zero-order valence-electron chi connectivity index (χ0n) is 10.3. The van der Waals surface area contributed by atoms with Crippen molar-refractivity contribution in [1.82, 2.24) is 0 Å². The molecule has 3 atom stereocenters. The second-order valence-corrected chi connectivity index (χ2v) is 5.36. The molecule has 0 aromatic heterocycles. The second-order valence-electron chi connectivity index (χ2n) is 5.36. The van der Waals surface area contributed by atoms with Crippen LogP contribution in [0.25, 0.3) is 0 Å². The van der Waals surface area contributed by atoms with Crippen molar-refractivity contribution in [3.63, 3.8) is 0 Å². The molecule has 1 rings (SSSR count). The van der Waals surface area contributed by atoms with Gasteiger partial charge in [0.25, 0.3) is 0 Å². The van der Waals surface area contributed by atoms with E-state index in [4.69, 9.17) is 5.73 Å². The van der Waals surface area contributed by atoms with Gasteiger partial charge < -0.3 is 10.8 Å². The Kier molecular flexibility index (Phi) is 5.07. The molecule has 15 heavy (non-hydrogen) atoms. The Morgan fingerprint density at radius 3 is 2.73 bits per heavy atom. The summed E-state index contributed by atoms with van der Waals surface area (Å²) < 4.78 is 0. The summed E-state index contributed by atoms with van der Waals surface area (Å²) in [4.78, 5) is 0. The molecule has 0 aliphatic heterocycles. The molecule has 0 aromatic carbocycles. The Labute approximate surface area is 94.2 Å². The highest BCUT2D eigenvalue weighted by Crippen LogP contribution is 2.36. The summed E-state index contributed by atoms with van der Waals surface area (Å²) in [6, 6.07) is 0. The predicted octanol–water partition coefficient (Wildman–Crippen LogP) is 2.69. The molecule has 3 N–H and O–H groups in total. The summed E-state index contributed by atoms with van der Waals surface area (Å²) >= 11 is 0. The summed E-state index contributed by atoms with van der Waals surface area (Å²) in [7, 11) is 0. The number of rotatable bonds is 4. The topological polar surface area (TPSA) is 46.2 Å². The molecule has 1 aliphatic carbocycles. The van der Waals surface area contributed by atoms with E-state index < -0.39 is 5.60 Å². The fourth-order valence-electron chi connectivity index (χ4n) is 2.88. The van der Waals surface area contributed by atoms with E-state index >= 15 is 0 Å². The van der Waals surface area contributed by atoms with E-state index in [1.165, 1.54) is 6.42 Å². The molecule has 90 valence electrons. The lowest BCUT2D eigenvalue weighted by Crippen LogP contribution is -2.41.